The molecule has 0 atom stereocenters. The molecule has 0 spiro atoms. The summed E-state index contributed by atoms with van der Waals surface area (Å²) in [6.07, 6.45) is 5.85. The number of hydrogen-bond acceptors (Lipinski definition) is 4. The van der Waals surface area contributed by atoms with Gasteiger partial charge in [0.25, 0.3) is 5.56 Å². The molecule has 0 unspecified atom stereocenters. The average Bonchev–Trinajstić information content (AvgIpc) is 2.72. The van der Waals surface area contributed by atoms with Crippen LogP contribution >= 0.6 is 0 Å². The topological polar surface area (TPSA) is 75.7 Å². The van der Waals surface area contributed by atoms with Crippen LogP contribution in [-0.2, 0) is 6.42 Å². The molecular formula is C22H17N3O2. The molecule has 1 N–H and O–H groups in total. The van der Waals surface area contributed by atoms with Crippen LogP contribution in [0.2, 0.25) is 0 Å². The van der Waals surface area contributed by atoms with Crippen molar-refractivity contribution in [1.29, 1.82) is 0 Å². The smallest absolute Gasteiger partial charge is 0.260 e. The summed E-state index contributed by atoms with van der Waals surface area (Å²) in [6, 6.07) is 16.7. The highest BCUT2D eigenvalue weighted by Crippen LogP contribution is 2.28. The van der Waals surface area contributed by atoms with E-state index in [9.17, 15) is 9.59 Å². The third-order valence-corrected chi connectivity index (χ3v) is 4.49. The molecule has 5 nitrogen and oxygen atoms in total. The standard InChI is InChI=1S/C22H17N3O2/c26-19(11-10-15-6-5-12-23-14-15)21-20(18-9-3-4-13-24-18)16-7-1-2-8-17(16)25-22(21)27/h1-9,12-14H,10-11H2,(H,25,27). The predicted octanol–water partition coefficient (Wildman–Crippen LogP) is 3.80. The van der Waals surface area contributed by atoms with Crippen LogP contribution in [0.4, 0.5) is 0 Å². The summed E-state index contributed by atoms with van der Waals surface area (Å²) in [5, 5.41) is 0.806. The van der Waals surface area contributed by atoms with E-state index in [1.165, 1.54) is 0 Å². The fourth-order valence-electron chi connectivity index (χ4n) is 3.21. The SMILES string of the molecule is O=C(CCc1cccnc1)c1c(-c2ccccn2)c2ccccc2[nH]c1=O. The van der Waals surface area contributed by atoms with Gasteiger partial charge in [0, 0.05) is 41.5 Å². The fourth-order valence-corrected chi connectivity index (χ4v) is 3.21. The molecule has 27 heavy (non-hydrogen) atoms. The summed E-state index contributed by atoms with van der Waals surface area (Å²) in [4.78, 5) is 37.1. The van der Waals surface area contributed by atoms with E-state index in [1.807, 2.05) is 54.6 Å². The first kappa shape index (κ1) is 16.8. The number of H-pyrrole nitrogens is 1. The quantitative estimate of drug-likeness (QED) is 0.553. The summed E-state index contributed by atoms with van der Waals surface area (Å²) in [6.45, 7) is 0. The normalized spacial score (nSPS) is 10.8. The molecular weight excluding hydrogens is 338 g/mol. The van der Waals surface area contributed by atoms with Gasteiger partial charge in [-0.3, -0.25) is 19.6 Å². The number of nitrogens with one attached hydrogen (secondary N) is 1. The second kappa shape index (κ2) is 7.33. The van der Waals surface area contributed by atoms with E-state index >= 15 is 0 Å². The van der Waals surface area contributed by atoms with Gasteiger partial charge in [-0.15, -0.1) is 0 Å². The van der Waals surface area contributed by atoms with Gasteiger partial charge in [-0.05, 0) is 36.2 Å². The molecule has 5 heteroatoms. The van der Waals surface area contributed by atoms with Crippen molar-refractivity contribution in [1.82, 2.24) is 15.0 Å². The van der Waals surface area contributed by atoms with Crippen molar-refractivity contribution in [3.63, 3.8) is 0 Å². The highest BCUT2D eigenvalue weighted by Gasteiger charge is 2.21. The second-order valence-electron chi connectivity index (χ2n) is 6.25. The molecule has 4 aromatic rings. The Labute approximate surface area is 155 Å². The first-order valence-corrected chi connectivity index (χ1v) is 8.72. The fraction of sp³-hybridized carbons (Fsp3) is 0.0909. The molecule has 0 fully saturated rings. The third-order valence-electron chi connectivity index (χ3n) is 4.49. The largest absolute Gasteiger partial charge is 0.321 e. The molecule has 0 saturated carbocycles. The lowest BCUT2D eigenvalue weighted by atomic mass is 9.95. The summed E-state index contributed by atoms with van der Waals surface area (Å²) in [5.41, 5.74) is 2.63. The first-order chi connectivity index (χ1) is 13.2. The second-order valence-corrected chi connectivity index (χ2v) is 6.25. The number of Topliss-reactive ketones (excluding diaryl/α,β-unsaturated/α-hetero) is 1. The maximum Gasteiger partial charge on any atom is 0.260 e. The molecule has 0 radical (unpaired) electrons. The van der Waals surface area contributed by atoms with Crippen molar-refractivity contribution in [3.05, 3.63) is 94.7 Å². The van der Waals surface area contributed by atoms with Gasteiger partial charge in [0.2, 0.25) is 0 Å². The first-order valence-electron chi connectivity index (χ1n) is 8.72. The van der Waals surface area contributed by atoms with Gasteiger partial charge in [0.05, 0.1) is 11.3 Å². The Morgan fingerprint density at radius 1 is 0.963 bits per heavy atom. The van der Waals surface area contributed by atoms with Gasteiger partial charge in [-0.1, -0.05) is 30.3 Å². The van der Waals surface area contributed by atoms with Crippen molar-refractivity contribution >= 4 is 16.7 Å². The van der Waals surface area contributed by atoms with Crippen molar-refractivity contribution in [2.24, 2.45) is 0 Å². The number of ketones is 1. The Bertz CT molecular complexity index is 1150. The van der Waals surface area contributed by atoms with Crippen LogP contribution in [0.5, 0.6) is 0 Å². The predicted molar refractivity (Wildman–Crippen MR) is 105 cm³/mol. The number of aryl methyl sites for hydroxylation is 1. The minimum atomic E-state index is -0.384. The van der Waals surface area contributed by atoms with E-state index in [2.05, 4.69) is 15.0 Å². The lowest BCUT2D eigenvalue weighted by molar-refractivity contribution is 0.0982. The zero-order chi connectivity index (χ0) is 18.6. The van der Waals surface area contributed by atoms with Gasteiger partial charge in [0.15, 0.2) is 5.78 Å². The number of aromatic nitrogens is 3. The highest BCUT2D eigenvalue weighted by atomic mass is 16.1. The van der Waals surface area contributed by atoms with Crippen molar-refractivity contribution < 1.29 is 4.79 Å². The average molecular weight is 355 g/mol. The number of carbonyl (C=O) groups excluding carboxylic acids is 1. The number of fused-ring (bicyclic) bond motifs is 1. The molecule has 0 aliphatic carbocycles. The Kier molecular flexibility index (Phi) is 4.58. The minimum Gasteiger partial charge on any atom is -0.321 e. The van der Waals surface area contributed by atoms with Crippen LogP contribution in [0, 0.1) is 0 Å². The van der Waals surface area contributed by atoms with E-state index in [0.29, 0.717) is 23.2 Å². The van der Waals surface area contributed by atoms with Crippen LogP contribution < -0.4 is 5.56 Å². The summed E-state index contributed by atoms with van der Waals surface area (Å²) >= 11 is 0. The third kappa shape index (κ3) is 3.40. The number of para-hydroxylation sites is 1. The molecule has 0 aliphatic heterocycles. The number of nitrogens with zero attached hydrogens (tertiary/aromatic N) is 2. The molecule has 132 valence electrons. The molecule has 0 saturated heterocycles. The summed E-state index contributed by atoms with van der Waals surface area (Å²) < 4.78 is 0. The monoisotopic (exact) mass is 355 g/mol. The highest BCUT2D eigenvalue weighted by molar-refractivity contribution is 6.08. The van der Waals surface area contributed by atoms with E-state index in [1.54, 1.807) is 18.6 Å². The van der Waals surface area contributed by atoms with E-state index in [4.69, 9.17) is 0 Å². The van der Waals surface area contributed by atoms with Gasteiger partial charge >= 0.3 is 0 Å². The zero-order valence-corrected chi connectivity index (χ0v) is 14.6. The minimum absolute atomic E-state index is 0.163. The molecule has 0 bridgehead atoms. The maximum absolute atomic E-state index is 13.0. The van der Waals surface area contributed by atoms with Crippen LogP contribution in [-0.4, -0.2) is 20.7 Å². The number of rotatable bonds is 5. The molecule has 1 aromatic carbocycles. The van der Waals surface area contributed by atoms with Gasteiger partial charge in [-0.2, -0.15) is 0 Å². The summed E-state index contributed by atoms with van der Waals surface area (Å²) in [5.74, 6) is -0.202. The van der Waals surface area contributed by atoms with Gasteiger partial charge in [-0.25, -0.2) is 0 Å². The van der Waals surface area contributed by atoms with E-state index in [0.717, 1.165) is 10.9 Å². The van der Waals surface area contributed by atoms with Crippen LogP contribution in [0.25, 0.3) is 22.2 Å². The van der Waals surface area contributed by atoms with E-state index < -0.39 is 0 Å². The summed E-state index contributed by atoms with van der Waals surface area (Å²) in [7, 11) is 0. The number of aromatic amines is 1. The molecule has 3 heterocycles. The van der Waals surface area contributed by atoms with Crippen molar-refractivity contribution in [2.45, 2.75) is 12.8 Å². The Hall–Kier alpha value is -3.60. The Balaban J connectivity index is 1.83. The molecule has 4 rings (SSSR count). The Morgan fingerprint density at radius 2 is 1.81 bits per heavy atom. The lowest BCUT2D eigenvalue weighted by Crippen LogP contribution is -2.20. The number of pyridine rings is 3. The number of carbonyl (C=O) groups is 1. The van der Waals surface area contributed by atoms with Crippen LogP contribution in [0.3, 0.4) is 0 Å². The van der Waals surface area contributed by atoms with Gasteiger partial charge < -0.3 is 4.98 Å². The number of hydrogen-bond donors (Lipinski definition) is 1. The zero-order valence-electron chi connectivity index (χ0n) is 14.6. The van der Waals surface area contributed by atoms with Gasteiger partial charge in [0.1, 0.15) is 0 Å². The maximum atomic E-state index is 13.0. The molecule has 3 aromatic heterocycles. The number of benzene rings is 1. The van der Waals surface area contributed by atoms with Crippen LogP contribution in [0.15, 0.2) is 78.0 Å². The lowest BCUT2D eigenvalue weighted by Gasteiger charge is -2.11. The Morgan fingerprint density at radius 3 is 2.59 bits per heavy atom. The molecule has 0 aliphatic rings. The molecule has 0 amide bonds. The van der Waals surface area contributed by atoms with Crippen LogP contribution in [0.1, 0.15) is 22.3 Å². The van der Waals surface area contributed by atoms with Crippen molar-refractivity contribution in [3.8, 4) is 11.3 Å². The van der Waals surface area contributed by atoms with E-state index in [-0.39, 0.29) is 23.3 Å². The van der Waals surface area contributed by atoms with Crippen molar-refractivity contribution in [2.75, 3.05) is 0 Å².